The number of para-hydroxylation sites is 2. The summed E-state index contributed by atoms with van der Waals surface area (Å²) in [4.78, 5) is 9.08. The SMILES string of the molecule is CC/C=C/c1nc2ccccc2nc1N(C)N. The second-order valence-electron chi connectivity index (χ2n) is 3.84. The minimum Gasteiger partial charge on any atom is -0.296 e. The zero-order chi connectivity index (χ0) is 12.3. The molecule has 88 valence electrons. The average molecular weight is 228 g/mol. The molecule has 0 aliphatic rings. The van der Waals surface area contributed by atoms with Gasteiger partial charge in [0.05, 0.1) is 11.0 Å². The summed E-state index contributed by atoms with van der Waals surface area (Å²) in [5.74, 6) is 6.46. The Hall–Kier alpha value is -1.94. The molecule has 2 rings (SSSR count). The van der Waals surface area contributed by atoms with E-state index in [-0.39, 0.29) is 0 Å². The van der Waals surface area contributed by atoms with Gasteiger partial charge >= 0.3 is 0 Å². The highest BCUT2D eigenvalue weighted by atomic mass is 15.4. The molecule has 17 heavy (non-hydrogen) atoms. The number of allylic oxidation sites excluding steroid dienone is 1. The zero-order valence-electron chi connectivity index (χ0n) is 10.1. The lowest BCUT2D eigenvalue weighted by Gasteiger charge is -2.14. The van der Waals surface area contributed by atoms with E-state index >= 15 is 0 Å². The highest BCUT2D eigenvalue weighted by Crippen LogP contribution is 2.19. The Labute approximate surface area is 101 Å². The van der Waals surface area contributed by atoms with Crippen LogP contribution in [0.1, 0.15) is 19.0 Å². The number of hydrogen-bond donors (Lipinski definition) is 1. The van der Waals surface area contributed by atoms with Crippen LogP contribution in [0.25, 0.3) is 17.1 Å². The van der Waals surface area contributed by atoms with Crippen molar-refractivity contribution in [3.63, 3.8) is 0 Å². The highest BCUT2D eigenvalue weighted by molar-refractivity contribution is 5.78. The maximum atomic E-state index is 5.77. The predicted octanol–water partition coefficient (Wildman–Crippen LogP) is 2.36. The van der Waals surface area contributed by atoms with Crippen molar-refractivity contribution in [1.82, 2.24) is 9.97 Å². The molecule has 0 amide bonds. The van der Waals surface area contributed by atoms with Crippen LogP contribution in [0.5, 0.6) is 0 Å². The Bertz CT molecular complexity index is 546. The third kappa shape index (κ3) is 2.42. The Morgan fingerprint density at radius 3 is 2.47 bits per heavy atom. The summed E-state index contributed by atoms with van der Waals surface area (Å²) in [6.07, 6.45) is 4.96. The first-order valence-corrected chi connectivity index (χ1v) is 5.64. The Morgan fingerprint density at radius 2 is 1.88 bits per heavy atom. The van der Waals surface area contributed by atoms with Crippen LogP contribution in [0.4, 0.5) is 5.82 Å². The van der Waals surface area contributed by atoms with E-state index in [0.717, 1.165) is 23.1 Å². The fourth-order valence-electron chi connectivity index (χ4n) is 1.61. The molecule has 0 radical (unpaired) electrons. The van der Waals surface area contributed by atoms with Crippen LogP contribution in [0.3, 0.4) is 0 Å². The summed E-state index contributed by atoms with van der Waals surface area (Å²) in [6.45, 7) is 2.08. The summed E-state index contributed by atoms with van der Waals surface area (Å²) >= 11 is 0. The van der Waals surface area contributed by atoms with Gasteiger partial charge in [-0.1, -0.05) is 25.1 Å². The van der Waals surface area contributed by atoms with Crippen LogP contribution in [0.15, 0.2) is 30.3 Å². The Morgan fingerprint density at radius 1 is 1.24 bits per heavy atom. The predicted molar refractivity (Wildman–Crippen MR) is 71.5 cm³/mol. The minimum absolute atomic E-state index is 0.688. The normalized spacial score (nSPS) is 11.2. The molecule has 0 spiro atoms. The van der Waals surface area contributed by atoms with Gasteiger partial charge in [-0.15, -0.1) is 0 Å². The standard InChI is InChI=1S/C13H16N4/c1-3-4-7-12-13(17(2)14)16-11-9-6-5-8-10(11)15-12/h4-9H,3,14H2,1-2H3/b7-4+. The van der Waals surface area contributed by atoms with Crippen LogP contribution in [-0.2, 0) is 0 Å². The maximum Gasteiger partial charge on any atom is 0.169 e. The van der Waals surface area contributed by atoms with Crippen molar-refractivity contribution in [2.24, 2.45) is 5.84 Å². The first kappa shape index (κ1) is 11.5. The maximum absolute atomic E-state index is 5.77. The van der Waals surface area contributed by atoms with Crippen molar-refractivity contribution in [2.45, 2.75) is 13.3 Å². The molecule has 1 heterocycles. The fraction of sp³-hybridized carbons (Fsp3) is 0.231. The Kier molecular flexibility index (Phi) is 3.35. The van der Waals surface area contributed by atoms with Gasteiger partial charge in [-0.2, -0.15) is 0 Å². The number of aromatic nitrogens is 2. The Balaban J connectivity index is 2.62. The summed E-state index contributed by atoms with van der Waals surface area (Å²) in [6, 6.07) is 7.78. The number of nitrogens with zero attached hydrogens (tertiary/aromatic N) is 3. The van der Waals surface area contributed by atoms with Gasteiger partial charge in [-0.25, -0.2) is 15.8 Å². The van der Waals surface area contributed by atoms with Gasteiger partial charge in [0.15, 0.2) is 5.82 Å². The number of rotatable bonds is 3. The summed E-state index contributed by atoms with van der Waals surface area (Å²) in [5, 5.41) is 1.49. The highest BCUT2D eigenvalue weighted by Gasteiger charge is 2.07. The molecule has 2 N–H and O–H groups in total. The van der Waals surface area contributed by atoms with E-state index in [1.54, 1.807) is 7.05 Å². The van der Waals surface area contributed by atoms with Crippen molar-refractivity contribution in [2.75, 3.05) is 12.1 Å². The average Bonchev–Trinajstić information content (AvgIpc) is 2.35. The molecule has 0 aliphatic heterocycles. The number of fused-ring (bicyclic) bond motifs is 1. The summed E-state index contributed by atoms with van der Waals surface area (Å²) in [7, 11) is 1.77. The molecule has 0 saturated carbocycles. The lowest BCUT2D eigenvalue weighted by atomic mass is 10.2. The van der Waals surface area contributed by atoms with Crippen LogP contribution in [-0.4, -0.2) is 17.0 Å². The molecule has 0 aliphatic carbocycles. The molecule has 0 unspecified atom stereocenters. The second kappa shape index (κ2) is 4.93. The number of hydrazine groups is 1. The van der Waals surface area contributed by atoms with Crippen LogP contribution >= 0.6 is 0 Å². The van der Waals surface area contributed by atoms with Gasteiger partial charge in [0.1, 0.15) is 5.69 Å². The van der Waals surface area contributed by atoms with Gasteiger partial charge in [-0.3, -0.25) is 5.01 Å². The van der Waals surface area contributed by atoms with Crippen molar-refractivity contribution in [3.8, 4) is 0 Å². The number of hydrogen-bond acceptors (Lipinski definition) is 4. The molecule has 2 aromatic rings. The van der Waals surface area contributed by atoms with Crippen molar-refractivity contribution >= 4 is 22.9 Å². The van der Waals surface area contributed by atoms with E-state index in [2.05, 4.69) is 16.9 Å². The third-order valence-corrected chi connectivity index (χ3v) is 2.42. The van der Waals surface area contributed by atoms with E-state index in [1.165, 1.54) is 5.01 Å². The summed E-state index contributed by atoms with van der Waals surface area (Å²) < 4.78 is 0. The number of benzene rings is 1. The molecule has 4 nitrogen and oxygen atoms in total. The van der Waals surface area contributed by atoms with Gasteiger partial charge < -0.3 is 0 Å². The number of nitrogens with two attached hydrogens (primary N) is 1. The topological polar surface area (TPSA) is 55.0 Å². The monoisotopic (exact) mass is 228 g/mol. The molecule has 0 atom stereocenters. The van der Waals surface area contributed by atoms with E-state index in [1.807, 2.05) is 36.4 Å². The van der Waals surface area contributed by atoms with E-state index < -0.39 is 0 Å². The quantitative estimate of drug-likeness (QED) is 0.647. The van der Waals surface area contributed by atoms with Crippen LogP contribution < -0.4 is 10.9 Å². The molecule has 0 saturated heterocycles. The second-order valence-corrected chi connectivity index (χ2v) is 3.84. The summed E-state index contributed by atoms with van der Waals surface area (Å²) in [5.41, 5.74) is 2.54. The van der Waals surface area contributed by atoms with Crippen LogP contribution in [0.2, 0.25) is 0 Å². The number of anilines is 1. The van der Waals surface area contributed by atoms with Crippen molar-refractivity contribution in [1.29, 1.82) is 0 Å². The van der Waals surface area contributed by atoms with Gasteiger partial charge in [0.2, 0.25) is 0 Å². The molecular weight excluding hydrogens is 212 g/mol. The molecule has 0 fully saturated rings. The van der Waals surface area contributed by atoms with Gasteiger partial charge in [0.25, 0.3) is 0 Å². The van der Waals surface area contributed by atoms with E-state index in [9.17, 15) is 0 Å². The molecule has 4 heteroatoms. The molecule has 1 aromatic carbocycles. The molecule has 0 bridgehead atoms. The first-order chi connectivity index (χ1) is 8.22. The van der Waals surface area contributed by atoms with Crippen LogP contribution in [0, 0.1) is 0 Å². The van der Waals surface area contributed by atoms with Crippen molar-refractivity contribution in [3.05, 3.63) is 36.0 Å². The third-order valence-electron chi connectivity index (χ3n) is 2.42. The smallest absolute Gasteiger partial charge is 0.169 e. The fourth-order valence-corrected chi connectivity index (χ4v) is 1.61. The van der Waals surface area contributed by atoms with Crippen molar-refractivity contribution < 1.29 is 0 Å². The zero-order valence-corrected chi connectivity index (χ0v) is 10.1. The van der Waals surface area contributed by atoms with Gasteiger partial charge in [-0.05, 0) is 24.6 Å². The molecule has 1 aromatic heterocycles. The van der Waals surface area contributed by atoms with Gasteiger partial charge in [0, 0.05) is 7.05 Å². The first-order valence-electron chi connectivity index (χ1n) is 5.64. The molecular formula is C13H16N4. The lowest BCUT2D eigenvalue weighted by Crippen LogP contribution is -2.27. The van der Waals surface area contributed by atoms with E-state index in [0.29, 0.717) is 5.82 Å². The van der Waals surface area contributed by atoms with E-state index in [4.69, 9.17) is 5.84 Å². The minimum atomic E-state index is 0.688. The largest absolute Gasteiger partial charge is 0.296 e. The lowest BCUT2D eigenvalue weighted by molar-refractivity contribution is 0.971.